The van der Waals surface area contributed by atoms with Crippen molar-refractivity contribution in [1.82, 2.24) is 10.2 Å². The molecule has 2 amide bonds. The second-order valence-corrected chi connectivity index (χ2v) is 10.00. The molecule has 180 valence electrons. The van der Waals surface area contributed by atoms with Crippen molar-refractivity contribution >= 4 is 17.9 Å². The van der Waals surface area contributed by atoms with E-state index in [9.17, 15) is 9.59 Å². The summed E-state index contributed by atoms with van der Waals surface area (Å²) in [4.78, 5) is 27.8. The Hall–Kier alpha value is -3.08. The van der Waals surface area contributed by atoms with Crippen LogP contribution in [0.2, 0.25) is 0 Å². The number of carbonyl (C=O) groups is 2. The number of amides is 2. The molecule has 2 aromatic carbocycles. The number of morpholine rings is 1. The van der Waals surface area contributed by atoms with E-state index in [2.05, 4.69) is 50.4 Å². The summed E-state index contributed by atoms with van der Waals surface area (Å²) < 4.78 is 6.24. The summed E-state index contributed by atoms with van der Waals surface area (Å²) >= 11 is 0. The van der Waals surface area contributed by atoms with Crippen LogP contribution in [0.4, 0.5) is 0 Å². The van der Waals surface area contributed by atoms with Crippen molar-refractivity contribution in [3.8, 4) is 0 Å². The van der Waals surface area contributed by atoms with Crippen LogP contribution < -0.4 is 5.32 Å². The summed E-state index contributed by atoms with van der Waals surface area (Å²) in [6, 6.07) is 15.9. The lowest BCUT2D eigenvalue weighted by molar-refractivity contribution is -0.149. The SMILES string of the molecule is Cc1ccc(CN2C(=O)/C(=C\c3ccc(C(=O)NCCC(C)C)cc3)OC3CCCCC32)cc1. The van der Waals surface area contributed by atoms with Gasteiger partial charge in [0, 0.05) is 18.7 Å². The van der Waals surface area contributed by atoms with E-state index in [1.165, 1.54) is 5.56 Å². The van der Waals surface area contributed by atoms with E-state index < -0.39 is 0 Å². The third-order valence-corrected chi connectivity index (χ3v) is 6.77. The van der Waals surface area contributed by atoms with Crippen LogP contribution in [-0.2, 0) is 16.1 Å². The normalized spacial score (nSPS) is 21.4. The molecular formula is C29H36N2O3. The molecule has 5 heteroatoms. The van der Waals surface area contributed by atoms with Gasteiger partial charge in [-0.15, -0.1) is 0 Å². The predicted molar refractivity (Wildman–Crippen MR) is 135 cm³/mol. The quantitative estimate of drug-likeness (QED) is 0.557. The number of nitrogens with zero attached hydrogens (tertiary/aromatic N) is 1. The maximum absolute atomic E-state index is 13.5. The maximum Gasteiger partial charge on any atom is 0.289 e. The van der Waals surface area contributed by atoms with Crippen molar-refractivity contribution in [2.45, 2.75) is 71.6 Å². The van der Waals surface area contributed by atoms with Gasteiger partial charge in [0.25, 0.3) is 11.8 Å². The fraction of sp³-hybridized carbons (Fsp3) is 0.448. The Kier molecular flexibility index (Phi) is 7.71. The third kappa shape index (κ3) is 5.88. The van der Waals surface area contributed by atoms with Crippen LogP contribution in [-0.4, -0.2) is 35.4 Å². The molecule has 0 spiro atoms. The molecule has 1 aliphatic carbocycles. The lowest BCUT2D eigenvalue weighted by Crippen LogP contribution is -2.54. The molecule has 0 aromatic heterocycles. The van der Waals surface area contributed by atoms with Gasteiger partial charge in [-0.3, -0.25) is 9.59 Å². The molecule has 34 heavy (non-hydrogen) atoms. The first-order valence-electron chi connectivity index (χ1n) is 12.5. The summed E-state index contributed by atoms with van der Waals surface area (Å²) in [5.74, 6) is 0.819. The fourth-order valence-corrected chi connectivity index (χ4v) is 4.71. The first kappa shape index (κ1) is 24.1. The smallest absolute Gasteiger partial charge is 0.289 e. The van der Waals surface area contributed by atoms with Crippen LogP contribution >= 0.6 is 0 Å². The molecule has 0 bridgehead atoms. The van der Waals surface area contributed by atoms with E-state index >= 15 is 0 Å². The van der Waals surface area contributed by atoms with Crippen LogP contribution in [0.1, 0.15) is 73.0 Å². The van der Waals surface area contributed by atoms with Crippen LogP contribution in [0.25, 0.3) is 6.08 Å². The number of rotatable bonds is 7. The molecule has 1 saturated heterocycles. The summed E-state index contributed by atoms with van der Waals surface area (Å²) in [5, 5.41) is 2.96. The molecule has 2 unspecified atom stereocenters. The second kappa shape index (κ2) is 10.9. The minimum absolute atomic E-state index is 0.0363. The number of aryl methyl sites for hydroxylation is 1. The van der Waals surface area contributed by atoms with Crippen molar-refractivity contribution in [2.24, 2.45) is 5.92 Å². The van der Waals surface area contributed by atoms with Gasteiger partial charge >= 0.3 is 0 Å². The van der Waals surface area contributed by atoms with Gasteiger partial charge in [0.05, 0.1) is 6.04 Å². The minimum atomic E-state index is -0.0702. The highest BCUT2D eigenvalue weighted by Crippen LogP contribution is 2.34. The summed E-state index contributed by atoms with van der Waals surface area (Å²) in [6.45, 7) is 7.61. The summed E-state index contributed by atoms with van der Waals surface area (Å²) in [5.41, 5.74) is 3.82. The Morgan fingerprint density at radius 3 is 2.50 bits per heavy atom. The molecule has 1 heterocycles. The standard InChI is InChI=1S/C29H36N2O3/c1-20(2)16-17-30-28(32)24-14-12-22(13-15-24)18-27-29(33)31(19-23-10-8-21(3)9-11-23)25-6-4-5-7-26(25)34-27/h8-15,18,20,25-26H,4-7,16-17,19H2,1-3H3,(H,30,32)/b27-18+. The number of benzene rings is 2. The largest absolute Gasteiger partial charge is 0.482 e. The van der Waals surface area contributed by atoms with Crippen LogP contribution in [0.15, 0.2) is 54.3 Å². The van der Waals surface area contributed by atoms with Crippen molar-refractivity contribution in [3.63, 3.8) is 0 Å². The van der Waals surface area contributed by atoms with E-state index in [1.54, 1.807) is 12.1 Å². The molecular weight excluding hydrogens is 424 g/mol. The lowest BCUT2D eigenvalue weighted by atomic mass is 9.89. The first-order valence-corrected chi connectivity index (χ1v) is 12.5. The lowest BCUT2D eigenvalue weighted by Gasteiger charge is -2.44. The molecule has 1 aliphatic heterocycles. The number of nitrogens with one attached hydrogen (secondary N) is 1. The van der Waals surface area contributed by atoms with Gasteiger partial charge in [-0.1, -0.05) is 62.2 Å². The molecule has 5 nitrogen and oxygen atoms in total. The first-order chi connectivity index (χ1) is 16.4. The molecule has 2 fully saturated rings. The molecule has 4 rings (SSSR count). The average molecular weight is 461 g/mol. The Bertz CT molecular complexity index is 1020. The van der Waals surface area contributed by atoms with Gasteiger partial charge in [0.15, 0.2) is 5.76 Å². The number of carbonyl (C=O) groups excluding carboxylic acids is 2. The second-order valence-electron chi connectivity index (χ2n) is 10.00. The van der Waals surface area contributed by atoms with Gasteiger partial charge in [0.1, 0.15) is 6.10 Å². The van der Waals surface area contributed by atoms with Crippen molar-refractivity contribution < 1.29 is 14.3 Å². The van der Waals surface area contributed by atoms with Gasteiger partial charge in [-0.2, -0.15) is 0 Å². The third-order valence-electron chi connectivity index (χ3n) is 6.77. The fourth-order valence-electron chi connectivity index (χ4n) is 4.71. The highest BCUT2D eigenvalue weighted by molar-refractivity contribution is 5.97. The number of ether oxygens (including phenoxy) is 1. The summed E-state index contributed by atoms with van der Waals surface area (Å²) in [7, 11) is 0. The van der Waals surface area contributed by atoms with Crippen molar-refractivity contribution in [3.05, 3.63) is 76.5 Å². The zero-order valence-electron chi connectivity index (χ0n) is 20.5. The van der Waals surface area contributed by atoms with Crippen LogP contribution in [0, 0.1) is 12.8 Å². The van der Waals surface area contributed by atoms with Crippen LogP contribution in [0.3, 0.4) is 0 Å². The van der Waals surface area contributed by atoms with Gasteiger partial charge in [0.2, 0.25) is 0 Å². The molecule has 2 aliphatic rings. The zero-order valence-corrected chi connectivity index (χ0v) is 20.5. The zero-order chi connectivity index (χ0) is 24.1. The Morgan fingerprint density at radius 1 is 1.09 bits per heavy atom. The number of hydrogen-bond donors (Lipinski definition) is 1. The van der Waals surface area contributed by atoms with E-state index in [1.807, 2.05) is 23.1 Å². The maximum atomic E-state index is 13.5. The Labute approximate surface area is 203 Å². The Balaban J connectivity index is 1.50. The molecule has 2 aromatic rings. The monoisotopic (exact) mass is 460 g/mol. The topological polar surface area (TPSA) is 58.6 Å². The number of fused-ring (bicyclic) bond motifs is 1. The van der Waals surface area contributed by atoms with E-state index in [-0.39, 0.29) is 24.0 Å². The number of hydrogen-bond acceptors (Lipinski definition) is 3. The summed E-state index contributed by atoms with van der Waals surface area (Å²) in [6.07, 6.45) is 7.01. The van der Waals surface area contributed by atoms with E-state index in [0.717, 1.165) is 43.2 Å². The minimum Gasteiger partial charge on any atom is -0.482 e. The van der Waals surface area contributed by atoms with Crippen LogP contribution in [0.5, 0.6) is 0 Å². The van der Waals surface area contributed by atoms with E-state index in [0.29, 0.717) is 30.3 Å². The molecule has 1 N–H and O–H groups in total. The van der Waals surface area contributed by atoms with Crippen molar-refractivity contribution in [2.75, 3.05) is 6.54 Å². The molecule has 2 atom stereocenters. The molecule has 0 radical (unpaired) electrons. The highest BCUT2D eigenvalue weighted by atomic mass is 16.5. The highest BCUT2D eigenvalue weighted by Gasteiger charge is 2.41. The van der Waals surface area contributed by atoms with Crippen molar-refractivity contribution in [1.29, 1.82) is 0 Å². The van der Waals surface area contributed by atoms with Gasteiger partial charge < -0.3 is 15.0 Å². The van der Waals surface area contributed by atoms with Gasteiger partial charge in [-0.05, 0) is 67.9 Å². The molecule has 1 saturated carbocycles. The van der Waals surface area contributed by atoms with E-state index in [4.69, 9.17) is 4.74 Å². The van der Waals surface area contributed by atoms with Gasteiger partial charge in [-0.25, -0.2) is 0 Å². The average Bonchev–Trinajstić information content (AvgIpc) is 2.83. The Morgan fingerprint density at radius 2 is 1.79 bits per heavy atom. The predicted octanol–water partition coefficient (Wildman–Crippen LogP) is 5.48.